The van der Waals surface area contributed by atoms with Crippen LogP contribution in [0.1, 0.15) is 19.4 Å². The quantitative estimate of drug-likeness (QED) is 0.635. The molecule has 0 aromatic heterocycles. The minimum atomic E-state index is -0.201. The summed E-state index contributed by atoms with van der Waals surface area (Å²) in [6, 6.07) is 7.39. The Morgan fingerprint density at radius 2 is 1.74 bits per heavy atom. The zero-order chi connectivity index (χ0) is 19.2. The summed E-state index contributed by atoms with van der Waals surface area (Å²) in [7, 11) is 0. The number of morpholine rings is 1. The molecule has 6 nitrogen and oxygen atoms in total. The highest BCUT2D eigenvalue weighted by molar-refractivity contribution is 8.04. The van der Waals surface area contributed by atoms with Crippen LogP contribution < -0.4 is 4.74 Å². The average Bonchev–Trinajstić information content (AvgIpc) is 2.92. The maximum atomic E-state index is 13.0. The Balaban J connectivity index is 1.77. The average molecular weight is 391 g/mol. The predicted octanol–water partition coefficient (Wildman–Crippen LogP) is 2.25. The van der Waals surface area contributed by atoms with Crippen molar-refractivity contribution < 1.29 is 19.1 Å². The third kappa shape index (κ3) is 4.54. The van der Waals surface area contributed by atoms with Gasteiger partial charge in [-0.2, -0.15) is 0 Å². The lowest BCUT2D eigenvalue weighted by atomic mass is 10.1. The fraction of sp³-hybridized carbons (Fsp3) is 0.500. The lowest BCUT2D eigenvalue weighted by molar-refractivity contribution is -0.136. The lowest BCUT2D eigenvalue weighted by Gasteiger charge is -2.28. The van der Waals surface area contributed by atoms with Crippen molar-refractivity contribution in [2.75, 3.05) is 51.8 Å². The fourth-order valence-electron chi connectivity index (χ4n) is 3.24. The second-order valence-corrected chi connectivity index (χ2v) is 7.58. The van der Waals surface area contributed by atoms with Gasteiger partial charge in [-0.15, -0.1) is 11.8 Å². The van der Waals surface area contributed by atoms with Crippen LogP contribution in [0.2, 0.25) is 0 Å². The van der Waals surface area contributed by atoms with Gasteiger partial charge < -0.3 is 9.47 Å². The Bertz CT molecular complexity index is 711. The summed E-state index contributed by atoms with van der Waals surface area (Å²) in [5, 5.41) is 0. The van der Waals surface area contributed by atoms with E-state index in [4.69, 9.17) is 9.47 Å². The molecule has 0 spiro atoms. The monoisotopic (exact) mass is 390 g/mol. The van der Waals surface area contributed by atoms with Crippen molar-refractivity contribution in [1.29, 1.82) is 0 Å². The largest absolute Gasteiger partial charge is 0.494 e. The lowest BCUT2D eigenvalue weighted by Crippen LogP contribution is -2.43. The molecule has 1 fully saturated rings. The van der Waals surface area contributed by atoms with E-state index >= 15 is 0 Å². The summed E-state index contributed by atoms with van der Waals surface area (Å²) in [4.78, 5) is 30.1. The van der Waals surface area contributed by atoms with Crippen LogP contribution in [0.5, 0.6) is 5.75 Å². The van der Waals surface area contributed by atoms with Gasteiger partial charge in [0.2, 0.25) is 0 Å². The van der Waals surface area contributed by atoms with Crippen molar-refractivity contribution in [3.8, 4) is 5.75 Å². The molecule has 1 aromatic rings. The van der Waals surface area contributed by atoms with Gasteiger partial charge in [0.05, 0.1) is 30.3 Å². The summed E-state index contributed by atoms with van der Waals surface area (Å²) in [5.74, 6) is 1.12. The molecule has 0 N–H and O–H groups in total. The molecule has 7 heteroatoms. The number of rotatable bonds is 8. The van der Waals surface area contributed by atoms with Gasteiger partial charge >= 0.3 is 0 Å². The Kier molecular flexibility index (Phi) is 6.93. The predicted molar refractivity (Wildman–Crippen MR) is 107 cm³/mol. The van der Waals surface area contributed by atoms with Crippen LogP contribution in [-0.2, 0) is 14.3 Å². The molecule has 0 unspecified atom stereocenters. The van der Waals surface area contributed by atoms with Crippen molar-refractivity contribution in [1.82, 2.24) is 9.80 Å². The van der Waals surface area contributed by atoms with E-state index in [1.165, 1.54) is 16.7 Å². The molecular weight excluding hydrogens is 364 g/mol. The van der Waals surface area contributed by atoms with Crippen molar-refractivity contribution in [2.24, 2.45) is 0 Å². The number of hydrogen-bond donors (Lipinski definition) is 0. The van der Waals surface area contributed by atoms with Crippen molar-refractivity contribution in [3.05, 3.63) is 34.7 Å². The molecular formula is C20H26N2O4S. The molecule has 1 aromatic carbocycles. The van der Waals surface area contributed by atoms with Gasteiger partial charge in [-0.1, -0.05) is 19.1 Å². The number of amides is 2. The van der Waals surface area contributed by atoms with Crippen LogP contribution in [0, 0.1) is 0 Å². The first-order chi connectivity index (χ1) is 13.2. The van der Waals surface area contributed by atoms with Gasteiger partial charge in [-0.25, -0.2) is 0 Å². The molecule has 2 aliphatic heterocycles. The first kappa shape index (κ1) is 19.9. The maximum Gasteiger partial charge on any atom is 0.268 e. The Morgan fingerprint density at radius 3 is 2.37 bits per heavy atom. The number of ether oxygens (including phenoxy) is 2. The minimum absolute atomic E-state index is 0.177. The van der Waals surface area contributed by atoms with Gasteiger partial charge in [-0.05, 0) is 30.4 Å². The van der Waals surface area contributed by atoms with Crippen LogP contribution >= 0.6 is 11.8 Å². The number of carbonyl (C=O) groups is 2. The summed E-state index contributed by atoms with van der Waals surface area (Å²) >= 11 is 1.44. The molecule has 27 heavy (non-hydrogen) atoms. The van der Waals surface area contributed by atoms with Gasteiger partial charge in [0.15, 0.2) is 0 Å². The molecule has 0 aliphatic carbocycles. The normalized spacial score (nSPS) is 18.5. The maximum absolute atomic E-state index is 13.0. The smallest absolute Gasteiger partial charge is 0.268 e. The topological polar surface area (TPSA) is 59.1 Å². The molecule has 0 saturated carbocycles. The Labute approximate surface area is 164 Å². The number of hydrogen-bond acceptors (Lipinski definition) is 6. The van der Waals surface area contributed by atoms with E-state index in [2.05, 4.69) is 4.90 Å². The Morgan fingerprint density at radius 1 is 1.04 bits per heavy atom. The summed E-state index contributed by atoms with van der Waals surface area (Å²) in [6.45, 7) is 8.68. The first-order valence-electron chi connectivity index (χ1n) is 9.42. The van der Waals surface area contributed by atoms with Gasteiger partial charge in [0.1, 0.15) is 5.75 Å². The molecule has 2 amide bonds. The molecule has 3 rings (SSSR count). The summed E-state index contributed by atoms with van der Waals surface area (Å²) in [6.07, 6.45) is 0. The van der Waals surface area contributed by atoms with E-state index in [0.29, 0.717) is 43.4 Å². The van der Waals surface area contributed by atoms with Crippen LogP contribution in [0.15, 0.2) is 29.2 Å². The minimum Gasteiger partial charge on any atom is -0.494 e. The third-order valence-electron chi connectivity index (χ3n) is 4.61. The zero-order valence-corrected chi connectivity index (χ0v) is 16.7. The molecule has 2 aliphatic rings. The number of benzene rings is 1. The van der Waals surface area contributed by atoms with Gasteiger partial charge in [0, 0.05) is 26.2 Å². The number of thioether (sulfide) groups is 1. The highest BCUT2D eigenvalue weighted by Gasteiger charge is 2.38. The SMILES string of the molecule is CCOc1ccc(C2=C(SCC)C(=O)N(CCN3CCOCC3)C2=O)cc1. The van der Waals surface area contributed by atoms with E-state index in [1.54, 1.807) is 0 Å². The molecule has 1 saturated heterocycles. The standard InChI is InChI=1S/C20H26N2O4S/c1-3-26-16-7-5-15(6-8-16)17-18(27-4-2)20(24)22(19(17)23)10-9-21-11-13-25-14-12-21/h5-8H,3-4,9-14H2,1-2H3. The number of nitrogens with zero attached hydrogens (tertiary/aromatic N) is 2. The molecule has 2 heterocycles. The van der Waals surface area contributed by atoms with E-state index in [1.807, 2.05) is 38.1 Å². The van der Waals surface area contributed by atoms with Gasteiger partial charge in [0.25, 0.3) is 11.8 Å². The summed E-state index contributed by atoms with van der Waals surface area (Å²) in [5.41, 5.74) is 1.28. The van der Waals surface area contributed by atoms with Crippen LogP contribution in [-0.4, -0.2) is 73.4 Å². The van der Waals surface area contributed by atoms with Crippen LogP contribution in [0.4, 0.5) is 0 Å². The summed E-state index contributed by atoms with van der Waals surface area (Å²) < 4.78 is 10.8. The fourth-order valence-corrected chi connectivity index (χ4v) is 4.11. The second kappa shape index (κ2) is 9.39. The van der Waals surface area contributed by atoms with Crippen LogP contribution in [0.25, 0.3) is 5.57 Å². The van der Waals surface area contributed by atoms with E-state index in [9.17, 15) is 9.59 Å². The molecule has 0 atom stereocenters. The highest BCUT2D eigenvalue weighted by atomic mass is 32.2. The van der Waals surface area contributed by atoms with Gasteiger partial charge in [-0.3, -0.25) is 19.4 Å². The molecule has 0 bridgehead atoms. The number of imide groups is 1. The zero-order valence-electron chi connectivity index (χ0n) is 15.9. The highest BCUT2D eigenvalue weighted by Crippen LogP contribution is 2.36. The number of carbonyl (C=O) groups excluding carboxylic acids is 2. The van der Waals surface area contributed by atoms with Crippen molar-refractivity contribution in [3.63, 3.8) is 0 Å². The van der Waals surface area contributed by atoms with E-state index < -0.39 is 0 Å². The van der Waals surface area contributed by atoms with Crippen molar-refractivity contribution >= 4 is 29.1 Å². The van der Waals surface area contributed by atoms with Crippen LogP contribution in [0.3, 0.4) is 0 Å². The first-order valence-corrected chi connectivity index (χ1v) is 10.4. The third-order valence-corrected chi connectivity index (χ3v) is 5.57. The second-order valence-electron chi connectivity index (χ2n) is 6.31. The van der Waals surface area contributed by atoms with E-state index in [-0.39, 0.29) is 11.8 Å². The Hall–Kier alpha value is -1.83. The van der Waals surface area contributed by atoms with E-state index in [0.717, 1.165) is 30.2 Å². The van der Waals surface area contributed by atoms with Crippen molar-refractivity contribution in [2.45, 2.75) is 13.8 Å². The molecule has 0 radical (unpaired) electrons. The molecule has 146 valence electrons.